The molecule has 0 aromatic heterocycles. The van der Waals surface area contributed by atoms with Gasteiger partial charge in [0.25, 0.3) is 0 Å². The maximum absolute atomic E-state index is 12.6. The Bertz CT molecular complexity index is 978. The van der Waals surface area contributed by atoms with Gasteiger partial charge in [-0.2, -0.15) is 0 Å². The van der Waals surface area contributed by atoms with Gasteiger partial charge in [-0.1, -0.05) is 18.2 Å². The Kier molecular flexibility index (Phi) is 7.87. The van der Waals surface area contributed by atoms with Crippen molar-refractivity contribution < 1.29 is 28.6 Å². The number of anilines is 1. The van der Waals surface area contributed by atoms with Gasteiger partial charge in [-0.15, -0.1) is 0 Å². The predicted molar refractivity (Wildman–Crippen MR) is 120 cm³/mol. The van der Waals surface area contributed by atoms with E-state index in [4.69, 9.17) is 14.2 Å². The van der Waals surface area contributed by atoms with Crippen LogP contribution in [0.5, 0.6) is 11.5 Å². The van der Waals surface area contributed by atoms with Crippen molar-refractivity contribution in [2.24, 2.45) is 0 Å². The number of nitrogens with one attached hydrogen (secondary N) is 1. The van der Waals surface area contributed by atoms with E-state index in [-0.39, 0.29) is 24.4 Å². The van der Waals surface area contributed by atoms with E-state index >= 15 is 0 Å². The largest absolute Gasteiger partial charge is 0.493 e. The third-order valence-electron chi connectivity index (χ3n) is 5.50. The SMILES string of the molecule is COc1cc(CC(=O)Nc2cccc([C@H]3CC[C@H](OC(C)=O)CC3)c2)ccc1OC(C)=O. The molecule has 3 rings (SSSR count). The number of benzene rings is 2. The summed E-state index contributed by atoms with van der Waals surface area (Å²) in [5.41, 5.74) is 2.67. The van der Waals surface area contributed by atoms with Gasteiger partial charge in [0.05, 0.1) is 13.5 Å². The molecule has 0 atom stereocenters. The van der Waals surface area contributed by atoms with Gasteiger partial charge in [-0.05, 0) is 67.0 Å². The zero-order chi connectivity index (χ0) is 23.1. The van der Waals surface area contributed by atoms with E-state index in [1.165, 1.54) is 26.5 Å². The fourth-order valence-corrected chi connectivity index (χ4v) is 4.07. The number of rotatable bonds is 7. The Morgan fingerprint density at radius 1 is 0.938 bits per heavy atom. The molecule has 2 aromatic rings. The van der Waals surface area contributed by atoms with Crippen molar-refractivity contribution in [1.29, 1.82) is 0 Å². The fraction of sp³-hybridized carbons (Fsp3) is 0.400. The van der Waals surface area contributed by atoms with E-state index in [1.54, 1.807) is 18.2 Å². The van der Waals surface area contributed by atoms with Crippen LogP contribution in [0.4, 0.5) is 5.69 Å². The summed E-state index contributed by atoms with van der Waals surface area (Å²) < 4.78 is 15.7. The molecule has 1 aliphatic rings. The minimum absolute atomic E-state index is 0.0101. The van der Waals surface area contributed by atoms with Crippen LogP contribution in [0.2, 0.25) is 0 Å². The van der Waals surface area contributed by atoms with Crippen LogP contribution < -0.4 is 14.8 Å². The van der Waals surface area contributed by atoms with E-state index in [9.17, 15) is 14.4 Å². The average molecular weight is 440 g/mol. The summed E-state index contributed by atoms with van der Waals surface area (Å²) in [6, 6.07) is 12.9. The lowest BCUT2D eigenvalue weighted by Crippen LogP contribution is -2.22. The van der Waals surface area contributed by atoms with Gasteiger partial charge >= 0.3 is 11.9 Å². The molecule has 0 saturated heterocycles. The molecular weight excluding hydrogens is 410 g/mol. The van der Waals surface area contributed by atoms with Crippen LogP contribution in [-0.4, -0.2) is 31.1 Å². The van der Waals surface area contributed by atoms with E-state index in [0.29, 0.717) is 17.4 Å². The fourth-order valence-electron chi connectivity index (χ4n) is 4.07. The van der Waals surface area contributed by atoms with Crippen molar-refractivity contribution in [3.8, 4) is 11.5 Å². The number of carbonyl (C=O) groups is 3. The molecule has 0 aliphatic heterocycles. The Morgan fingerprint density at radius 2 is 1.69 bits per heavy atom. The number of methoxy groups -OCH3 is 1. The van der Waals surface area contributed by atoms with Gasteiger partial charge < -0.3 is 19.5 Å². The predicted octanol–water partition coefficient (Wildman–Crippen LogP) is 4.39. The monoisotopic (exact) mass is 439 g/mol. The summed E-state index contributed by atoms with van der Waals surface area (Å²) in [5.74, 6) is 0.294. The molecule has 0 bridgehead atoms. The summed E-state index contributed by atoms with van der Waals surface area (Å²) in [4.78, 5) is 34.9. The van der Waals surface area contributed by atoms with Crippen LogP contribution in [0.3, 0.4) is 0 Å². The normalized spacial score (nSPS) is 17.8. The van der Waals surface area contributed by atoms with Crippen molar-refractivity contribution in [1.82, 2.24) is 0 Å². The van der Waals surface area contributed by atoms with Crippen molar-refractivity contribution >= 4 is 23.5 Å². The van der Waals surface area contributed by atoms with Gasteiger partial charge in [-0.25, -0.2) is 0 Å². The molecule has 7 heteroatoms. The lowest BCUT2D eigenvalue weighted by atomic mass is 9.82. The first kappa shape index (κ1) is 23.3. The number of carbonyl (C=O) groups excluding carboxylic acids is 3. The number of ether oxygens (including phenoxy) is 3. The number of hydrogen-bond acceptors (Lipinski definition) is 6. The van der Waals surface area contributed by atoms with E-state index in [2.05, 4.69) is 11.4 Å². The zero-order valence-corrected chi connectivity index (χ0v) is 18.7. The molecule has 1 amide bonds. The Labute approximate surface area is 188 Å². The van der Waals surface area contributed by atoms with Crippen molar-refractivity contribution in [3.05, 3.63) is 53.6 Å². The van der Waals surface area contributed by atoms with Crippen LogP contribution in [0.25, 0.3) is 0 Å². The van der Waals surface area contributed by atoms with Gasteiger partial charge in [0.15, 0.2) is 11.5 Å². The molecule has 170 valence electrons. The number of hydrogen-bond donors (Lipinski definition) is 1. The first-order chi connectivity index (χ1) is 15.3. The molecule has 1 aliphatic carbocycles. The van der Waals surface area contributed by atoms with Gasteiger partial charge in [-0.3, -0.25) is 14.4 Å². The van der Waals surface area contributed by atoms with E-state index < -0.39 is 5.97 Å². The molecular formula is C25H29NO6. The summed E-state index contributed by atoms with van der Waals surface area (Å²) in [5, 5.41) is 2.95. The first-order valence-electron chi connectivity index (χ1n) is 10.8. The van der Waals surface area contributed by atoms with Crippen LogP contribution in [0, 0.1) is 0 Å². The second-order valence-electron chi connectivity index (χ2n) is 8.01. The number of amides is 1. The zero-order valence-electron chi connectivity index (χ0n) is 18.7. The molecule has 1 N–H and O–H groups in total. The quantitative estimate of drug-likeness (QED) is 0.508. The highest BCUT2D eigenvalue weighted by atomic mass is 16.6. The highest BCUT2D eigenvalue weighted by Gasteiger charge is 2.24. The van der Waals surface area contributed by atoms with Crippen molar-refractivity contribution in [3.63, 3.8) is 0 Å². The lowest BCUT2D eigenvalue weighted by molar-refractivity contribution is -0.147. The Morgan fingerprint density at radius 3 is 2.34 bits per heavy atom. The molecule has 0 heterocycles. The van der Waals surface area contributed by atoms with Crippen molar-refractivity contribution in [2.45, 2.75) is 58.0 Å². The third-order valence-corrected chi connectivity index (χ3v) is 5.50. The molecule has 0 unspecified atom stereocenters. The Hall–Kier alpha value is -3.35. The lowest BCUT2D eigenvalue weighted by Gasteiger charge is -2.28. The van der Waals surface area contributed by atoms with Gasteiger partial charge in [0.2, 0.25) is 5.91 Å². The molecule has 0 radical (unpaired) electrons. The average Bonchev–Trinajstić information content (AvgIpc) is 2.74. The number of esters is 2. The second kappa shape index (κ2) is 10.8. The maximum Gasteiger partial charge on any atom is 0.308 e. The molecule has 2 aromatic carbocycles. The summed E-state index contributed by atoms with van der Waals surface area (Å²) in [6.45, 7) is 2.77. The smallest absolute Gasteiger partial charge is 0.308 e. The topological polar surface area (TPSA) is 90.9 Å². The Balaban J connectivity index is 1.59. The summed E-state index contributed by atoms with van der Waals surface area (Å²) in [7, 11) is 1.48. The van der Waals surface area contributed by atoms with E-state index in [0.717, 1.165) is 36.9 Å². The second-order valence-corrected chi connectivity index (χ2v) is 8.01. The van der Waals surface area contributed by atoms with Crippen LogP contribution in [0.15, 0.2) is 42.5 Å². The maximum atomic E-state index is 12.6. The standard InChI is InChI=1S/C25H29NO6/c1-16(27)31-22-10-8-19(9-11-22)20-5-4-6-21(15-20)26-25(29)14-18-7-12-23(32-17(2)28)24(13-18)30-3/h4-7,12-13,15,19,22H,8-11,14H2,1-3H3,(H,26,29)/t19-,22-. The highest BCUT2D eigenvalue weighted by molar-refractivity contribution is 5.92. The minimum atomic E-state index is -0.437. The van der Waals surface area contributed by atoms with Crippen LogP contribution >= 0.6 is 0 Å². The molecule has 1 fully saturated rings. The van der Waals surface area contributed by atoms with Crippen LogP contribution in [-0.2, 0) is 25.5 Å². The first-order valence-corrected chi connectivity index (χ1v) is 10.8. The van der Waals surface area contributed by atoms with Gasteiger partial charge in [0.1, 0.15) is 6.10 Å². The summed E-state index contributed by atoms with van der Waals surface area (Å²) >= 11 is 0. The summed E-state index contributed by atoms with van der Waals surface area (Å²) in [6.07, 6.45) is 3.77. The third kappa shape index (κ3) is 6.57. The van der Waals surface area contributed by atoms with Crippen molar-refractivity contribution in [2.75, 3.05) is 12.4 Å². The minimum Gasteiger partial charge on any atom is -0.493 e. The van der Waals surface area contributed by atoms with E-state index in [1.807, 2.05) is 18.2 Å². The molecule has 32 heavy (non-hydrogen) atoms. The van der Waals surface area contributed by atoms with Crippen LogP contribution in [0.1, 0.15) is 56.6 Å². The van der Waals surface area contributed by atoms with Gasteiger partial charge in [0, 0.05) is 19.5 Å². The molecule has 7 nitrogen and oxygen atoms in total. The highest BCUT2D eigenvalue weighted by Crippen LogP contribution is 2.35. The molecule has 1 saturated carbocycles. The molecule has 0 spiro atoms.